The Balaban J connectivity index is 0.000000660. The molecule has 6 heteroatoms. The molecule has 154 valence electrons. The van der Waals surface area contributed by atoms with Gasteiger partial charge in [-0.15, -0.1) is 0 Å². The van der Waals surface area contributed by atoms with Crippen LogP contribution in [0.25, 0.3) is 0 Å². The molecule has 2 aliphatic heterocycles. The second-order valence-electron chi connectivity index (χ2n) is 5.99. The van der Waals surface area contributed by atoms with Gasteiger partial charge in [0.25, 0.3) is 0 Å². The van der Waals surface area contributed by atoms with E-state index in [0.717, 1.165) is 5.56 Å². The molecule has 4 rings (SSSR count). The number of hydrogen-bond donors (Lipinski definition) is 2. The number of para-hydroxylation sites is 1. The number of methoxy groups -OCH3 is 1. The SMILES string of the molecule is CC.CC.COc1cccc(C2c3cc4c(cc3OC(O)C2C)OCO4)c1O. The fraction of sp³-hybridized carbons (Fsp3) is 0.455. The number of hydrogen-bond acceptors (Lipinski definition) is 6. The van der Waals surface area contributed by atoms with Crippen LogP contribution < -0.4 is 18.9 Å². The third-order valence-electron chi connectivity index (χ3n) is 4.65. The normalized spacial score (nSPS) is 21.2. The molecule has 0 radical (unpaired) electrons. The molecule has 0 amide bonds. The zero-order valence-corrected chi connectivity index (χ0v) is 17.4. The van der Waals surface area contributed by atoms with E-state index in [-0.39, 0.29) is 24.4 Å². The predicted octanol–water partition coefficient (Wildman–Crippen LogP) is 4.66. The van der Waals surface area contributed by atoms with Gasteiger partial charge in [-0.25, -0.2) is 0 Å². The summed E-state index contributed by atoms with van der Waals surface area (Å²) >= 11 is 0. The maximum atomic E-state index is 10.6. The first-order valence-electron chi connectivity index (χ1n) is 9.74. The van der Waals surface area contributed by atoms with Gasteiger partial charge in [-0.3, -0.25) is 0 Å². The molecule has 0 fully saturated rings. The van der Waals surface area contributed by atoms with Crippen molar-refractivity contribution in [3.8, 4) is 28.7 Å². The van der Waals surface area contributed by atoms with E-state index in [1.54, 1.807) is 12.1 Å². The van der Waals surface area contributed by atoms with Crippen molar-refractivity contribution < 1.29 is 29.2 Å². The van der Waals surface area contributed by atoms with Crippen LogP contribution in [0.15, 0.2) is 30.3 Å². The summed E-state index contributed by atoms with van der Waals surface area (Å²) in [4.78, 5) is 0. The number of aromatic hydroxyl groups is 1. The lowest BCUT2D eigenvalue weighted by atomic mass is 9.78. The van der Waals surface area contributed by atoms with Gasteiger partial charge in [0.2, 0.25) is 13.1 Å². The van der Waals surface area contributed by atoms with Crippen molar-refractivity contribution in [1.29, 1.82) is 0 Å². The predicted molar refractivity (Wildman–Crippen MR) is 108 cm³/mol. The molecule has 0 saturated carbocycles. The van der Waals surface area contributed by atoms with Gasteiger partial charge in [-0.05, 0) is 12.1 Å². The highest BCUT2D eigenvalue weighted by atomic mass is 16.7. The van der Waals surface area contributed by atoms with Gasteiger partial charge in [0.05, 0.1) is 7.11 Å². The van der Waals surface area contributed by atoms with Crippen LogP contribution >= 0.6 is 0 Å². The molecule has 6 nitrogen and oxygen atoms in total. The zero-order valence-electron chi connectivity index (χ0n) is 17.4. The van der Waals surface area contributed by atoms with Crippen molar-refractivity contribution in [1.82, 2.24) is 0 Å². The topological polar surface area (TPSA) is 77.4 Å². The van der Waals surface area contributed by atoms with Crippen molar-refractivity contribution >= 4 is 0 Å². The Bertz CT molecular complexity index is 789. The third-order valence-corrected chi connectivity index (χ3v) is 4.65. The van der Waals surface area contributed by atoms with E-state index in [0.29, 0.717) is 28.6 Å². The Morgan fingerprint density at radius 1 is 0.964 bits per heavy atom. The van der Waals surface area contributed by atoms with Crippen molar-refractivity contribution in [2.24, 2.45) is 5.92 Å². The molecule has 2 N–H and O–H groups in total. The second kappa shape index (κ2) is 9.55. The quantitative estimate of drug-likeness (QED) is 0.777. The number of benzene rings is 2. The Morgan fingerprint density at radius 3 is 2.25 bits per heavy atom. The lowest BCUT2D eigenvalue weighted by Crippen LogP contribution is -2.34. The molecule has 3 atom stereocenters. The van der Waals surface area contributed by atoms with Crippen molar-refractivity contribution in [3.05, 3.63) is 41.5 Å². The number of rotatable bonds is 2. The monoisotopic (exact) mass is 390 g/mol. The summed E-state index contributed by atoms with van der Waals surface area (Å²) in [5.41, 5.74) is 1.50. The van der Waals surface area contributed by atoms with Crippen LogP contribution in [0.3, 0.4) is 0 Å². The number of phenols is 1. The van der Waals surface area contributed by atoms with Crippen molar-refractivity contribution in [2.45, 2.75) is 46.8 Å². The molecule has 2 heterocycles. The Hall–Kier alpha value is -2.60. The van der Waals surface area contributed by atoms with Gasteiger partial charge in [-0.1, -0.05) is 46.8 Å². The molecular weight excluding hydrogens is 360 g/mol. The maximum Gasteiger partial charge on any atom is 0.231 e. The molecule has 0 saturated heterocycles. The minimum atomic E-state index is -0.992. The largest absolute Gasteiger partial charge is 0.504 e. The minimum absolute atomic E-state index is 0.0644. The average Bonchev–Trinajstić information content (AvgIpc) is 3.19. The first-order valence-corrected chi connectivity index (χ1v) is 9.74. The molecule has 2 aromatic carbocycles. The summed E-state index contributed by atoms with van der Waals surface area (Å²) in [6.07, 6.45) is -0.992. The summed E-state index contributed by atoms with van der Waals surface area (Å²) in [5.74, 6) is 1.66. The molecule has 3 unspecified atom stereocenters. The molecule has 0 spiro atoms. The van der Waals surface area contributed by atoms with Gasteiger partial charge in [-0.2, -0.15) is 0 Å². The van der Waals surface area contributed by atoms with Crippen LogP contribution in [-0.4, -0.2) is 30.4 Å². The summed E-state index contributed by atoms with van der Waals surface area (Å²) in [5, 5.41) is 20.9. The van der Waals surface area contributed by atoms with Crippen molar-refractivity contribution in [2.75, 3.05) is 13.9 Å². The van der Waals surface area contributed by atoms with Crippen LogP contribution in [0, 0.1) is 5.92 Å². The first kappa shape index (κ1) is 21.7. The van der Waals surface area contributed by atoms with E-state index in [1.165, 1.54) is 7.11 Å². The first-order chi connectivity index (χ1) is 13.6. The van der Waals surface area contributed by atoms with Gasteiger partial charge < -0.3 is 29.2 Å². The van der Waals surface area contributed by atoms with Gasteiger partial charge in [0, 0.05) is 29.0 Å². The number of aliphatic hydroxyl groups is 1. The van der Waals surface area contributed by atoms with Crippen LogP contribution in [0.2, 0.25) is 0 Å². The molecule has 0 aromatic heterocycles. The highest BCUT2D eigenvalue weighted by molar-refractivity contribution is 5.58. The highest BCUT2D eigenvalue weighted by Gasteiger charge is 2.38. The number of fused-ring (bicyclic) bond motifs is 2. The fourth-order valence-electron chi connectivity index (χ4n) is 3.38. The van der Waals surface area contributed by atoms with Crippen LogP contribution in [-0.2, 0) is 0 Å². The van der Waals surface area contributed by atoms with Crippen LogP contribution in [0.5, 0.6) is 28.7 Å². The van der Waals surface area contributed by atoms with Gasteiger partial charge >= 0.3 is 0 Å². The second-order valence-corrected chi connectivity index (χ2v) is 5.99. The van der Waals surface area contributed by atoms with Gasteiger partial charge in [0.15, 0.2) is 23.0 Å². The smallest absolute Gasteiger partial charge is 0.231 e. The summed E-state index contributed by atoms with van der Waals surface area (Å²) in [7, 11) is 1.51. The van der Waals surface area contributed by atoms with Gasteiger partial charge in [0.1, 0.15) is 5.75 Å². The standard InChI is InChI=1S/C18H18O6.2C2H6/c1-9-16(10-4-3-5-12(21-2)17(10)19)11-6-14-15(23-8-22-14)7-13(11)24-18(9)20;2*1-2/h3-7,9,16,18-20H,8H2,1-2H3;2*1-2H3. The molecule has 28 heavy (non-hydrogen) atoms. The fourth-order valence-corrected chi connectivity index (χ4v) is 3.38. The number of phenolic OH excluding ortho intramolecular Hbond substituents is 1. The number of aliphatic hydroxyl groups excluding tert-OH is 1. The molecule has 0 aliphatic carbocycles. The van der Waals surface area contributed by atoms with Crippen LogP contribution in [0.4, 0.5) is 0 Å². The maximum absolute atomic E-state index is 10.6. The minimum Gasteiger partial charge on any atom is -0.504 e. The van der Waals surface area contributed by atoms with E-state index < -0.39 is 6.29 Å². The van der Waals surface area contributed by atoms with Crippen molar-refractivity contribution in [3.63, 3.8) is 0 Å². The van der Waals surface area contributed by atoms with E-state index in [9.17, 15) is 10.2 Å². The van der Waals surface area contributed by atoms with E-state index >= 15 is 0 Å². The highest BCUT2D eigenvalue weighted by Crippen LogP contribution is 2.51. The summed E-state index contributed by atoms with van der Waals surface area (Å²) in [6, 6.07) is 8.90. The Morgan fingerprint density at radius 2 is 1.61 bits per heavy atom. The molecular formula is C22H30O6. The third kappa shape index (κ3) is 3.83. The summed E-state index contributed by atoms with van der Waals surface area (Å²) < 4.78 is 21.7. The lowest BCUT2D eigenvalue weighted by molar-refractivity contribution is -0.0730. The molecule has 0 bridgehead atoms. The molecule has 2 aromatic rings. The zero-order chi connectivity index (χ0) is 20.8. The molecule has 2 aliphatic rings. The Labute approximate surface area is 166 Å². The van der Waals surface area contributed by atoms with E-state index in [2.05, 4.69) is 0 Å². The summed E-state index contributed by atoms with van der Waals surface area (Å²) in [6.45, 7) is 10.0. The Kier molecular flexibility index (Phi) is 7.40. The van der Waals surface area contributed by atoms with Crippen LogP contribution in [0.1, 0.15) is 51.7 Å². The number of ether oxygens (including phenoxy) is 4. The van der Waals surface area contributed by atoms with E-state index in [4.69, 9.17) is 18.9 Å². The van der Waals surface area contributed by atoms with E-state index in [1.807, 2.05) is 52.8 Å². The lowest BCUT2D eigenvalue weighted by Gasteiger charge is -2.36. The average molecular weight is 390 g/mol.